The summed E-state index contributed by atoms with van der Waals surface area (Å²) in [5, 5.41) is 1.40. The summed E-state index contributed by atoms with van der Waals surface area (Å²) in [5.74, 6) is 0.974. The van der Waals surface area contributed by atoms with Gasteiger partial charge in [-0.2, -0.15) is 0 Å². The van der Waals surface area contributed by atoms with Gasteiger partial charge in [0.1, 0.15) is 0 Å². The molecule has 13 heavy (non-hydrogen) atoms. The molecule has 0 radical (unpaired) electrons. The van der Waals surface area contributed by atoms with Gasteiger partial charge in [-0.3, -0.25) is 0 Å². The van der Waals surface area contributed by atoms with Crippen LogP contribution in [0.5, 0.6) is 0 Å². The molecule has 2 rings (SSSR count). The van der Waals surface area contributed by atoms with Crippen LogP contribution in [-0.4, -0.2) is 18.5 Å². The zero-order valence-corrected chi connectivity index (χ0v) is 9.12. The van der Waals surface area contributed by atoms with Crippen LogP contribution in [0.2, 0.25) is 10.0 Å². The lowest BCUT2D eigenvalue weighted by Gasteiger charge is -2.02. The van der Waals surface area contributed by atoms with Crippen molar-refractivity contribution >= 4 is 35.0 Å². The average molecular weight is 235 g/mol. The number of thioether (sulfide) groups is 1. The number of benzene rings is 1. The second-order valence-corrected chi connectivity index (χ2v) is 4.75. The number of halogens is 2. The molecule has 0 unspecified atom stereocenters. The maximum absolute atomic E-state index is 5.99. The van der Waals surface area contributed by atoms with Crippen molar-refractivity contribution in [1.29, 1.82) is 0 Å². The van der Waals surface area contributed by atoms with Gasteiger partial charge < -0.3 is 4.74 Å². The lowest BCUT2D eigenvalue weighted by Crippen LogP contribution is -1.88. The highest BCUT2D eigenvalue weighted by Crippen LogP contribution is 2.31. The summed E-state index contributed by atoms with van der Waals surface area (Å²) in [6.45, 7) is 0.887. The number of hydrogen-bond acceptors (Lipinski definition) is 2. The Morgan fingerprint density at radius 2 is 2.23 bits per heavy atom. The molecule has 1 aromatic rings. The number of rotatable bonds is 3. The van der Waals surface area contributed by atoms with Crippen molar-refractivity contribution in [3.05, 3.63) is 28.2 Å². The van der Waals surface area contributed by atoms with E-state index < -0.39 is 0 Å². The molecule has 4 heteroatoms. The van der Waals surface area contributed by atoms with Crippen LogP contribution < -0.4 is 0 Å². The Labute approximate surface area is 91.4 Å². The Morgan fingerprint density at radius 1 is 1.46 bits per heavy atom. The Kier molecular flexibility index (Phi) is 3.04. The zero-order valence-electron chi connectivity index (χ0n) is 6.80. The molecule has 1 aromatic carbocycles. The molecule has 1 atom stereocenters. The minimum absolute atomic E-state index is 0.428. The first kappa shape index (κ1) is 9.66. The van der Waals surface area contributed by atoms with Gasteiger partial charge in [0.15, 0.2) is 0 Å². The van der Waals surface area contributed by atoms with Gasteiger partial charge in [-0.15, -0.1) is 11.8 Å². The molecule has 0 N–H and O–H groups in total. The maximum atomic E-state index is 5.99. The van der Waals surface area contributed by atoms with E-state index in [1.165, 1.54) is 0 Å². The fraction of sp³-hybridized carbons (Fsp3) is 0.333. The summed E-state index contributed by atoms with van der Waals surface area (Å²) in [4.78, 5) is 1.07. The third-order valence-corrected chi connectivity index (χ3v) is 3.59. The molecule has 1 aliphatic heterocycles. The van der Waals surface area contributed by atoms with Crippen LogP contribution in [0.15, 0.2) is 23.1 Å². The molecule has 1 heterocycles. The van der Waals surface area contributed by atoms with Gasteiger partial charge in [0.05, 0.1) is 17.7 Å². The van der Waals surface area contributed by atoms with Crippen LogP contribution in [0.1, 0.15) is 0 Å². The van der Waals surface area contributed by atoms with Crippen LogP contribution in [0.25, 0.3) is 0 Å². The van der Waals surface area contributed by atoms with E-state index >= 15 is 0 Å². The van der Waals surface area contributed by atoms with E-state index in [1.54, 1.807) is 17.8 Å². The second kappa shape index (κ2) is 4.09. The third-order valence-electron chi connectivity index (χ3n) is 1.72. The molecule has 1 aliphatic rings. The fourth-order valence-electron chi connectivity index (χ4n) is 0.939. The lowest BCUT2D eigenvalue weighted by molar-refractivity contribution is 0.426. The monoisotopic (exact) mass is 234 g/mol. The molecular weight excluding hydrogens is 227 g/mol. The first-order valence-electron chi connectivity index (χ1n) is 3.95. The quantitative estimate of drug-likeness (QED) is 0.587. The smallest absolute Gasteiger partial charge is 0.0903 e. The van der Waals surface area contributed by atoms with E-state index in [1.807, 2.05) is 12.1 Å². The first-order valence-corrected chi connectivity index (χ1v) is 5.69. The molecule has 0 aromatic heterocycles. The van der Waals surface area contributed by atoms with Crippen LogP contribution >= 0.6 is 35.0 Å². The number of ether oxygens (including phenoxy) is 1. The summed E-state index contributed by atoms with van der Waals surface area (Å²) >= 11 is 13.5. The van der Waals surface area contributed by atoms with E-state index in [-0.39, 0.29) is 0 Å². The van der Waals surface area contributed by atoms with Crippen molar-refractivity contribution in [1.82, 2.24) is 0 Å². The van der Waals surface area contributed by atoms with Crippen molar-refractivity contribution in [3.8, 4) is 0 Å². The van der Waals surface area contributed by atoms with Crippen molar-refractivity contribution in [2.24, 2.45) is 0 Å². The normalized spacial score (nSPS) is 20.3. The van der Waals surface area contributed by atoms with Gasteiger partial charge in [0, 0.05) is 15.7 Å². The predicted octanol–water partition coefficient (Wildman–Crippen LogP) is 3.48. The molecular formula is C9H8Cl2OS. The molecule has 1 saturated heterocycles. The van der Waals surface area contributed by atoms with Crippen LogP contribution in [0, 0.1) is 0 Å². The summed E-state index contributed by atoms with van der Waals surface area (Å²) < 4.78 is 5.10. The standard InChI is InChI=1S/C9H8Cl2OS/c10-6-1-2-9(8(11)3-6)13-5-7-4-12-7/h1-3,7H,4-5H2/t7-/m0/s1. The summed E-state index contributed by atoms with van der Waals surface area (Å²) in [6.07, 6.45) is 0.428. The van der Waals surface area contributed by atoms with Crippen molar-refractivity contribution < 1.29 is 4.74 Å². The summed E-state index contributed by atoms with van der Waals surface area (Å²) in [6, 6.07) is 5.56. The van der Waals surface area contributed by atoms with E-state index in [0.717, 1.165) is 22.3 Å². The zero-order chi connectivity index (χ0) is 9.26. The van der Waals surface area contributed by atoms with Crippen molar-refractivity contribution in [3.63, 3.8) is 0 Å². The average Bonchev–Trinajstić information content (AvgIpc) is 2.86. The molecule has 1 fully saturated rings. The number of epoxide rings is 1. The molecule has 0 aliphatic carbocycles. The highest BCUT2D eigenvalue weighted by atomic mass is 35.5. The highest BCUT2D eigenvalue weighted by Gasteiger charge is 2.22. The lowest BCUT2D eigenvalue weighted by atomic mass is 10.4. The highest BCUT2D eigenvalue weighted by molar-refractivity contribution is 7.99. The first-order chi connectivity index (χ1) is 6.25. The Balaban J connectivity index is 2.01. The van der Waals surface area contributed by atoms with Gasteiger partial charge in [-0.05, 0) is 18.2 Å². The molecule has 0 amide bonds. The van der Waals surface area contributed by atoms with Gasteiger partial charge in [0.25, 0.3) is 0 Å². The topological polar surface area (TPSA) is 12.5 Å². The van der Waals surface area contributed by atoms with E-state index in [0.29, 0.717) is 11.1 Å². The second-order valence-electron chi connectivity index (χ2n) is 2.84. The fourth-order valence-corrected chi connectivity index (χ4v) is 2.43. The molecule has 0 bridgehead atoms. The van der Waals surface area contributed by atoms with E-state index in [9.17, 15) is 0 Å². The van der Waals surface area contributed by atoms with Gasteiger partial charge in [-0.25, -0.2) is 0 Å². The summed E-state index contributed by atoms with van der Waals surface area (Å²) in [7, 11) is 0. The van der Waals surface area contributed by atoms with Gasteiger partial charge in [0.2, 0.25) is 0 Å². The van der Waals surface area contributed by atoms with Crippen LogP contribution in [-0.2, 0) is 4.74 Å². The van der Waals surface area contributed by atoms with Gasteiger partial charge in [-0.1, -0.05) is 23.2 Å². The largest absolute Gasteiger partial charge is 0.372 e. The van der Waals surface area contributed by atoms with Gasteiger partial charge >= 0.3 is 0 Å². The van der Waals surface area contributed by atoms with Crippen LogP contribution in [0.4, 0.5) is 0 Å². The molecule has 1 nitrogen and oxygen atoms in total. The molecule has 0 spiro atoms. The number of hydrogen-bond donors (Lipinski definition) is 0. The Morgan fingerprint density at radius 3 is 2.85 bits per heavy atom. The predicted molar refractivity (Wildman–Crippen MR) is 56.9 cm³/mol. The van der Waals surface area contributed by atoms with Crippen LogP contribution in [0.3, 0.4) is 0 Å². The molecule has 0 saturated carbocycles. The Hall–Kier alpha value is 0.110. The summed E-state index contributed by atoms with van der Waals surface area (Å²) in [5.41, 5.74) is 0. The minimum Gasteiger partial charge on any atom is -0.372 e. The maximum Gasteiger partial charge on any atom is 0.0903 e. The van der Waals surface area contributed by atoms with Crippen molar-refractivity contribution in [2.45, 2.75) is 11.0 Å². The molecule has 70 valence electrons. The third kappa shape index (κ3) is 2.78. The van der Waals surface area contributed by atoms with Crippen molar-refractivity contribution in [2.75, 3.05) is 12.4 Å². The SMILES string of the molecule is Clc1ccc(SC[C@@H]2CO2)c(Cl)c1. The van der Waals surface area contributed by atoms with E-state index in [4.69, 9.17) is 27.9 Å². The Bertz CT molecular complexity index is 312. The minimum atomic E-state index is 0.428. The van der Waals surface area contributed by atoms with E-state index in [2.05, 4.69) is 0 Å².